The predicted octanol–water partition coefficient (Wildman–Crippen LogP) is 3.34. The molecule has 1 atom stereocenters. The lowest BCUT2D eigenvalue weighted by atomic mass is 9.95. The van der Waals surface area contributed by atoms with Crippen molar-refractivity contribution in [3.63, 3.8) is 0 Å². The van der Waals surface area contributed by atoms with E-state index in [4.69, 9.17) is 16.3 Å². The molecule has 1 aliphatic rings. The molecule has 0 radical (unpaired) electrons. The van der Waals surface area contributed by atoms with Crippen molar-refractivity contribution in [1.29, 1.82) is 0 Å². The van der Waals surface area contributed by atoms with E-state index in [0.29, 0.717) is 6.04 Å². The average molecular weight is 254 g/mol. The molecule has 1 heterocycles. The van der Waals surface area contributed by atoms with Crippen LogP contribution in [0.4, 0.5) is 0 Å². The standard InChI is InChI=1S/C14H20ClNO/c1-10-11(7-12-5-3-4-6-16-12)8-13(17-2)9-14(10)15/h8-9,12,16H,3-7H2,1-2H3. The molecule has 0 saturated carbocycles. The van der Waals surface area contributed by atoms with Gasteiger partial charge in [0.1, 0.15) is 5.75 Å². The van der Waals surface area contributed by atoms with Crippen molar-refractivity contribution in [3.05, 3.63) is 28.3 Å². The molecule has 0 aromatic heterocycles. The fourth-order valence-electron chi connectivity index (χ4n) is 2.40. The van der Waals surface area contributed by atoms with Gasteiger partial charge >= 0.3 is 0 Å². The molecule has 3 heteroatoms. The second-order valence-electron chi connectivity index (χ2n) is 4.74. The first kappa shape index (κ1) is 12.7. The Morgan fingerprint density at radius 2 is 2.24 bits per heavy atom. The van der Waals surface area contributed by atoms with Gasteiger partial charge in [-0.25, -0.2) is 0 Å². The summed E-state index contributed by atoms with van der Waals surface area (Å²) < 4.78 is 5.27. The number of piperidine rings is 1. The highest BCUT2D eigenvalue weighted by Gasteiger charge is 2.15. The first-order chi connectivity index (χ1) is 8.20. The van der Waals surface area contributed by atoms with Gasteiger partial charge in [0.05, 0.1) is 7.11 Å². The van der Waals surface area contributed by atoms with Crippen LogP contribution in [0.5, 0.6) is 5.75 Å². The van der Waals surface area contributed by atoms with Gasteiger partial charge in [0.15, 0.2) is 0 Å². The summed E-state index contributed by atoms with van der Waals surface area (Å²) in [6, 6.07) is 4.58. The number of rotatable bonds is 3. The zero-order valence-corrected chi connectivity index (χ0v) is 11.3. The lowest BCUT2D eigenvalue weighted by Gasteiger charge is -2.24. The van der Waals surface area contributed by atoms with Crippen molar-refractivity contribution in [2.75, 3.05) is 13.7 Å². The third kappa shape index (κ3) is 3.14. The van der Waals surface area contributed by atoms with Crippen LogP contribution in [0.2, 0.25) is 5.02 Å². The molecular formula is C14H20ClNO. The summed E-state index contributed by atoms with van der Waals surface area (Å²) in [5.74, 6) is 0.853. The van der Waals surface area contributed by atoms with Crippen LogP contribution in [0.3, 0.4) is 0 Å². The van der Waals surface area contributed by atoms with E-state index in [-0.39, 0.29) is 0 Å². The van der Waals surface area contributed by atoms with E-state index >= 15 is 0 Å². The smallest absolute Gasteiger partial charge is 0.120 e. The predicted molar refractivity (Wildman–Crippen MR) is 72.1 cm³/mol. The minimum atomic E-state index is 0.589. The highest BCUT2D eigenvalue weighted by atomic mass is 35.5. The third-order valence-corrected chi connectivity index (χ3v) is 3.93. The fraction of sp³-hybridized carbons (Fsp3) is 0.571. The Hall–Kier alpha value is -0.730. The van der Waals surface area contributed by atoms with Gasteiger partial charge in [0.2, 0.25) is 0 Å². The van der Waals surface area contributed by atoms with E-state index in [1.165, 1.54) is 30.4 Å². The van der Waals surface area contributed by atoms with Gasteiger partial charge in [-0.2, -0.15) is 0 Å². The summed E-state index contributed by atoms with van der Waals surface area (Å²) in [6.07, 6.45) is 4.93. The normalized spacial score (nSPS) is 20.3. The summed E-state index contributed by atoms with van der Waals surface area (Å²) >= 11 is 6.22. The van der Waals surface area contributed by atoms with E-state index in [1.54, 1.807) is 7.11 Å². The summed E-state index contributed by atoms with van der Waals surface area (Å²) in [5, 5.41) is 4.37. The molecule has 2 rings (SSSR count). The first-order valence-electron chi connectivity index (χ1n) is 6.27. The van der Waals surface area contributed by atoms with E-state index in [0.717, 1.165) is 23.7 Å². The van der Waals surface area contributed by atoms with Crippen molar-refractivity contribution in [2.45, 2.75) is 38.6 Å². The molecule has 0 aliphatic carbocycles. The Morgan fingerprint density at radius 1 is 1.41 bits per heavy atom. The van der Waals surface area contributed by atoms with Crippen molar-refractivity contribution in [3.8, 4) is 5.75 Å². The number of hydrogen-bond acceptors (Lipinski definition) is 2. The molecule has 1 fully saturated rings. The highest BCUT2D eigenvalue weighted by Crippen LogP contribution is 2.27. The molecule has 1 unspecified atom stereocenters. The van der Waals surface area contributed by atoms with Crippen LogP contribution in [0.25, 0.3) is 0 Å². The van der Waals surface area contributed by atoms with Crippen LogP contribution in [0, 0.1) is 6.92 Å². The van der Waals surface area contributed by atoms with Gasteiger partial charge in [-0.05, 0) is 56.0 Å². The van der Waals surface area contributed by atoms with Crippen molar-refractivity contribution >= 4 is 11.6 Å². The second kappa shape index (κ2) is 5.74. The minimum Gasteiger partial charge on any atom is -0.497 e. The Kier molecular flexibility index (Phi) is 4.30. The molecule has 1 saturated heterocycles. The van der Waals surface area contributed by atoms with Crippen LogP contribution < -0.4 is 10.1 Å². The van der Waals surface area contributed by atoms with Crippen LogP contribution in [0.1, 0.15) is 30.4 Å². The van der Waals surface area contributed by atoms with E-state index in [1.807, 2.05) is 6.07 Å². The topological polar surface area (TPSA) is 21.3 Å². The summed E-state index contributed by atoms with van der Waals surface area (Å²) in [7, 11) is 1.68. The Balaban J connectivity index is 2.15. The number of ether oxygens (including phenoxy) is 1. The summed E-state index contributed by atoms with van der Waals surface area (Å²) in [6.45, 7) is 3.22. The molecule has 0 spiro atoms. The maximum atomic E-state index is 6.22. The second-order valence-corrected chi connectivity index (χ2v) is 5.15. The van der Waals surface area contributed by atoms with Gasteiger partial charge in [-0.3, -0.25) is 0 Å². The fourth-order valence-corrected chi connectivity index (χ4v) is 2.63. The molecule has 2 nitrogen and oxygen atoms in total. The maximum absolute atomic E-state index is 6.22. The average Bonchev–Trinajstić information content (AvgIpc) is 2.36. The number of methoxy groups -OCH3 is 1. The summed E-state index contributed by atoms with van der Waals surface area (Å²) in [5.41, 5.74) is 2.48. The van der Waals surface area contributed by atoms with Crippen LogP contribution >= 0.6 is 11.6 Å². The van der Waals surface area contributed by atoms with Crippen molar-refractivity contribution in [1.82, 2.24) is 5.32 Å². The van der Waals surface area contributed by atoms with Crippen LogP contribution in [-0.4, -0.2) is 19.7 Å². The lowest BCUT2D eigenvalue weighted by Crippen LogP contribution is -2.35. The molecule has 1 aliphatic heterocycles. The molecule has 0 amide bonds. The minimum absolute atomic E-state index is 0.589. The molecule has 1 N–H and O–H groups in total. The van der Waals surface area contributed by atoms with Gasteiger partial charge in [-0.1, -0.05) is 18.0 Å². The molecule has 17 heavy (non-hydrogen) atoms. The van der Waals surface area contributed by atoms with Crippen molar-refractivity contribution in [2.24, 2.45) is 0 Å². The van der Waals surface area contributed by atoms with E-state index < -0.39 is 0 Å². The molecule has 1 aromatic carbocycles. The largest absolute Gasteiger partial charge is 0.497 e. The Labute approximate surface area is 108 Å². The maximum Gasteiger partial charge on any atom is 0.120 e. The zero-order valence-electron chi connectivity index (χ0n) is 10.6. The van der Waals surface area contributed by atoms with Gasteiger partial charge in [-0.15, -0.1) is 0 Å². The van der Waals surface area contributed by atoms with Crippen LogP contribution in [0.15, 0.2) is 12.1 Å². The molecule has 1 aromatic rings. The Morgan fingerprint density at radius 3 is 2.88 bits per heavy atom. The van der Waals surface area contributed by atoms with E-state index in [2.05, 4.69) is 18.3 Å². The number of hydrogen-bond donors (Lipinski definition) is 1. The van der Waals surface area contributed by atoms with Gasteiger partial charge in [0, 0.05) is 11.1 Å². The zero-order chi connectivity index (χ0) is 12.3. The quantitative estimate of drug-likeness (QED) is 0.892. The lowest BCUT2D eigenvalue weighted by molar-refractivity contribution is 0.396. The van der Waals surface area contributed by atoms with Crippen molar-refractivity contribution < 1.29 is 4.74 Å². The molecule has 0 bridgehead atoms. The number of benzene rings is 1. The van der Waals surface area contributed by atoms with Gasteiger partial charge < -0.3 is 10.1 Å². The molecule has 94 valence electrons. The Bertz CT molecular complexity index is 386. The van der Waals surface area contributed by atoms with Crippen LogP contribution in [-0.2, 0) is 6.42 Å². The number of nitrogens with one attached hydrogen (secondary N) is 1. The van der Waals surface area contributed by atoms with Gasteiger partial charge in [0.25, 0.3) is 0 Å². The molecular weight excluding hydrogens is 234 g/mol. The monoisotopic (exact) mass is 253 g/mol. The SMILES string of the molecule is COc1cc(Cl)c(C)c(CC2CCCCN2)c1. The number of halogens is 1. The highest BCUT2D eigenvalue weighted by molar-refractivity contribution is 6.31. The third-order valence-electron chi connectivity index (χ3n) is 3.54. The first-order valence-corrected chi connectivity index (χ1v) is 6.65. The van der Waals surface area contributed by atoms with E-state index in [9.17, 15) is 0 Å². The summed E-state index contributed by atoms with van der Waals surface area (Å²) in [4.78, 5) is 0.